The van der Waals surface area contributed by atoms with Crippen LogP contribution in [0.15, 0.2) is 27.8 Å². The van der Waals surface area contributed by atoms with E-state index in [1.54, 1.807) is 13.3 Å². The zero-order valence-electron chi connectivity index (χ0n) is 16.9. The number of aromatic nitrogens is 3. The summed E-state index contributed by atoms with van der Waals surface area (Å²) in [6, 6.07) is 3.67. The van der Waals surface area contributed by atoms with E-state index in [-0.39, 0.29) is 0 Å². The van der Waals surface area contributed by atoms with Crippen LogP contribution in [0.3, 0.4) is 0 Å². The molecule has 0 radical (unpaired) electrons. The number of aliphatic imine (C=N–C) groups is 1. The van der Waals surface area contributed by atoms with Gasteiger partial charge in [-0.3, -0.25) is 10.1 Å². The zero-order valence-corrected chi connectivity index (χ0v) is 16.9. The highest BCUT2D eigenvalue weighted by molar-refractivity contribution is 5.79. The first-order chi connectivity index (χ1) is 13.8. The molecule has 1 aliphatic rings. The Bertz CT molecular complexity index is 706. The molecule has 8 nitrogen and oxygen atoms in total. The maximum atomic E-state index is 5.99. The van der Waals surface area contributed by atoms with Gasteiger partial charge in [0.25, 0.3) is 0 Å². The molecule has 1 unspecified atom stereocenters. The molecule has 1 fully saturated rings. The number of hydrogen-bond donors (Lipinski definition) is 3. The van der Waals surface area contributed by atoms with Crippen LogP contribution in [-0.2, 0) is 11.2 Å². The lowest BCUT2D eigenvalue weighted by molar-refractivity contribution is 0.0169. The lowest BCUT2D eigenvalue weighted by atomic mass is 9.98. The van der Waals surface area contributed by atoms with Gasteiger partial charge >= 0.3 is 0 Å². The number of ether oxygens (including phenoxy) is 1. The number of hydrogen-bond acceptors (Lipinski definition) is 5. The minimum atomic E-state index is 0.354. The van der Waals surface area contributed by atoms with Crippen molar-refractivity contribution >= 4 is 5.96 Å². The van der Waals surface area contributed by atoms with E-state index in [0.29, 0.717) is 30.2 Å². The van der Waals surface area contributed by atoms with Crippen LogP contribution in [0, 0.1) is 5.92 Å². The second-order valence-corrected chi connectivity index (χ2v) is 7.09. The molecular formula is C20H32N6O2. The fraction of sp³-hybridized carbons (Fsp3) is 0.650. The first-order valence-corrected chi connectivity index (χ1v) is 10.3. The van der Waals surface area contributed by atoms with E-state index >= 15 is 0 Å². The van der Waals surface area contributed by atoms with E-state index in [2.05, 4.69) is 37.7 Å². The van der Waals surface area contributed by atoms with Crippen molar-refractivity contribution in [1.82, 2.24) is 25.8 Å². The fourth-order valence-electron chi connectivity index (χ4n) is 3.77. The van der Waals surface area contributed by atoms with Gasteiger partial charge in [0.2, 0.25) is 5.82 Å². The van der Waals surface area contributed by atoms with E-state index < -0.39 is 0 Å². The summed E-state index contributed by atoms with van der Waals surface area (Å²) in [5, 5.41) is 13.9. The summed E-state index contributed by atoms with van der Waals surface area (Å²) in [7, 11) is 1.79. The number of rotatable bonds is 10. The molecule has 0 aliphatic heterocycles. The van der Waals surface area contributed by atoms with Crippen molar-refractivity contribution in [3.05, 3.63) is 24.2 Å². The SMILES string of the molecule is CCOC(CCNC(=NC)NCCc1nc(-c2ccco2)n[nH]1)C1CCCC1. The molecule has 28 heavy (non-hydrogen) atoms. The van der Waals surface area contributed by atoms with E-state index in [1.165, 1.54) is 25.7 Å². The normalized spacial score (nSPS) is 16.4. The first kappa shape index (κ1) is 20.4. The predicted molar refractivity (Wildman–Crippen MR) is 109 cm³/mol. The van der Waals surface area contributed by atoms with Crippen LogP contribution < -0.4 is 10.6 Å². The van der Waals surface area contributed by atoms with Crippen LogP contribution in [0.1, 0.15) is 44.9 Å². The van der Waals surface area contributed by atoms with Crippen LogP contribution in [0.25, 0.3) is 11.6 Å². The highest BCUT2D eigenvalue weighted by Crippen LogP contribution is 2.30. The second-order valence-electron chi connectivity index (χ2n) is 7.09. The van der Waals surface area contributed by atoms with Crippen molar-refractivity contribution in [3.63, 3.8) is 0 Å². The first-order valence-electron chi connectivity index (χ1n) is 10.3. The van der Waals surface area contributed by atoms with Gasteiger partial charge in [0, 0.05) is 33.2 Å². The van der Waals surface area contributed by atoms with E-state index in [4.69, 9.17) is 9.15 Å². The molecule has 8 heteroatoms. The molecule has 1 atom stereocenters. The maximum Gasteiger partial charge on any atom is 0.216 e. The molecule has 3 rings (SSSR count). The van der Waals surface area contributed by atoms with Crippen molar-refractivity contribution in [2.24, 2.45) is 10.9 Å². The van der Waals surface area contributed by atoms with Gasteiger partial charge in [-0.1, -0.05) is 12.8 Å². The lowest BCUT2D eigenvalue weighted by Gasteiger charge is -2.24. The van der Waals surface area contributed by atoms with Crippen molar-refractivity contribution in [2.75, 3.05) is 26.7 Å². The Kier molecular flexibility index (Phi) is 7.90. The highest BCUT2D eigenvalue weighted by Gasteiger charge is 2.25. The maximum absolute atomic E-state index is 5.99. The van der Waals surface area contributed by atoms with E-state index in [9.17, 15) is 0 Å². The quantitative estimate of drug-likeness (QED) is 0.427. The summed E-state index contributed by atoms with van der Waals surface area (Å²) < 4.78 is 11.3. The Morgan fingerprint density at radius 2 is 2.18 bits per heavy atom. The second kappa shape index (κ2) is 10.8. The Hall–Kier alpha value is -2.35. The third-order valence-corrected chi connectivity index (χ3v) is 5.18. The molecule has 0 aromatic carbocycles. The number of nitrogens with zero attached hydrogens (tertiary/aromatic N) is 3. The summed E-state index contributed by atoms with van der Waals surface area (Å²) in [6.07, 6.45) is 8.98. The minimum absolute atomic E-state index is 0.354. The van der Waals surface area contributed by atoms with Crippen LogP contribution in [-0.4, -0.2) is 54.0 Å². The number of H-pyrrole nitrogens is 1. The standard InChI is InChI=1S/C20H32N6O2/c1-3-27-16(15-7-4-5-8-15)10-12-22-20(21-2)23-13-11-18-24-19(26-25-18)17-9-6-14-28-17/h6,9,14-16H,3-5,7-8,10-13H2,1-2H3,(H2,21,22,23)(H,24,25,26). The van der Waals surface area contributed by atoms with Gasteiger partial charge in [-0.05, 0) is 44.2 Å². The Labute approximate surface area is 166 Å². The molecule has 1 aliphatic carbocycles. The van der Waals surface area contributed by atoms with Crippen LogP contribution in [0.5, 0.6) is 0 Å². The van der Waals surface area contributed by atoms with Gasteiger partial charge in [0.15, 0.2) is 11.7 Å². The minimum Gasteiger partial charge on any atom is -0.461 e. The molecule has 0 amide bonds. The number of nitrogens with one attached hydrogen (secondary N) is 3. The summed E-state index contributed by atoms with van der Waals surface area (Å²) in [5.74, 6) is 3.57. The Morgan fingerprint density at radius 3 is 2.89 bits per heavy atom. The van der Waals surface area contributed by atoms with Gasteiger partial charge in [-0.2, -0.15) is 5.10 Å². The fourth-order valence-corrected chi connectivity index (χ4v) is 3.77. The Balaban J connectivity index is 1.37. The van der Waals surface area contributed by atoms with Gasteiger partial charge in [0.05, 0.1) is 12.4 Å². The van der Waals surface area contributed by atoms with Crippen molar-refractivity contribution < 1.29 is 9.15 Å². The van der Waals surface area contributed by atoms with Crippen LogP contribution in [0.4, 0.5) is 0 Å². The third-order valence-electron chi connectivity index (χ3n) is 5.18. The number of furan rings is 1. The summed E-state index contributed by atoms with van der Waals surface area (Å²) in [6.45, 7) is 4.43. The molecule has 2 heterocycles. The average molecular weight is 389 g/mol. The largest absolute Gasteiger partial charge is 0.461 e. The molecule has 2 aromatic rings. The number of guanidine groups is 1. The average Bonchev–Trinajstić information content (AvgIpc) is 3.48. The molecule has 0 spiro atoms. The van der Waals surface area contributed by atoms with E-state index in [1.807, 2.05) is 12.1 Å². The summed E-state index contributed by atoms with van der Waals surface area (Å²) in [4.78, 5) is 8.75. The predicted octanol–water partition coefficient (Wildman–Crippen LogP) is 2.76. The molecule has 0 saturated heterocycles. The molecule has 154 valence electrons. The van der Waals surface area contributed by atoms with Crippen molar-refractivity contribution in [1.29, 1.82) is 0 Å². The molecule has 3 N–H and O–H groups in total. The molecule has 2 aromatic heterocycles. The highest BCUT2D eigenvalue weighted by atomic mass is 16.5. The smallest absolute Gasteiger partial charge is 0.216 e. The van der Waals surface area contributed by atoms with Crippen molar-refractivity contribution in [3.8, 4) is 11.6 Å². The Morgan fingerprint density at radius 1 is 1.36 bits per heavy atom. The van der Waals surface area contributed by atoms with Gasteiger partial charge in [0.1, 0.15) is 5.82 Å². The molecule has 1 saturated carbocycles. The van der Waals surface area contributed by atoms with Crippen LogP contribution in [0.2, 0.25) is 0 Å². The third kappa shape index (κ3) is 5.82. The van der Waals surface area contributed by atoms with Gasteiger partial charge < -0.3 is 19.8 Å². The van der Waals surface area contributed by atoms with Crippen molar-refractivity contribution in [2.45, 2.75) is 51.6 Å². The zero-order chi connectivity index (χ0) is 19.6. The monoisotopic (exact) mass is 388 g/mol. The van der Waals surface area contributed by atoms with Crippen LogP contribution >= 0.6 is 0 Å². The molecule has 0 bridgehead atoms. The summed E-state index contributed by atoms with van der Waals surface area (Å²) in [5.41, 5.74) is 0. The number of aromatic amines is 1. The van der Waals surface area contributed by atoms with E-state index in [0.717, 1.165) is 37.8 Å². The topological polar surface area (TPSA) is 100 Å². The summed E-state index contributed by atoms with van der Waals surface area (Å²) >= 11 is 0. The van der Waals surface area contributed by atoms with Gasteiger partial charge in [-0.25, -0.2) is 4.98 Å². The molecular weight excluding hydrogens is 356 g/mol. The van der Waals surface area contributed by atoms with Gasteiger partial charge in [-0.15, -0.1) is 0 Å². The lowest BCUT2D eigenvalue weighted by Crippen LogP contribution is -2.40.